The molecule has 4 aromatic rings. The van der Waals surface area contributed by atoms with Gasteiger partial charge in [-0.3, -0.25) is 14.6 Å². The Morgan fingerprint density at radius 2 is 2.00 bits per heavy atom. The summed E-state index contributed by atoms with van der Waals surface area (Å²) >= 11 is 3.40. The number of carbonyl (C=O) groups excluding carboxylic acids is 1. The maximum atomic E-state index is 12.9. The van der Waals surface area contributed by atoms with E-state index in [0.717, 1.165) is 36.9 Å². The van der Waals surface area contributed by atoms with Gasteiger partial charge in [-0.25, -0.2) is 4.98 Å². The molecule has 3 aromatic heterocycles. The number of amides is 1. The Balaban J connectivity index is 1.60. The van der Waals surface area contributed by atoms with Crippen molar-refractivity contribution in [2.45, 2.75) is 25.7 Å². The fourth-order valence-corrected chi connectivity index (χ4v) is 4.16. The van der Waals surface area contributed by atoms with E-state index >= 15 is 0 Å². The Morgan fingerprint density at radius 1 is 1.16 bits per heavy atom. The number of H-pyrrole nitrogens is 1. The number of aromatic amines is 1. The summed E-state index contributed by atoms with van der Waals surface area (Å²) in [6, 6.07) is 12.3. The first-order valence-electron chi connectivity index (χ1n) is 9.92. The molecule has 0 spiro atoms. The van der Waals surface area contributed by atoms with Crippen LogP contribution in [0.2, 0.25) is 0 Å². The Hall–Kier alpha value is -3.46. The van der Waals surface area contributed by atoms with Crippen LogP contribution in [0.15, 0.2) is 62.4 Å². The number of nitrogens with zero attached hydrogens (tertiary/aromatic N) is 3. The van der Waals surface area contributed by atoms with Crippen LogP contribution in [0.4, 0.5) is 5.82 Å². The van der Waals surface area contributed by atoms with Gasteiger partial charge in [0.05, 0.1) is 17.5 Å². The normalized spacial score (nSPS) is 13.1. The van der Waals surface area contributed by atoms with Crippen molar-refractivity contribution in [1.29, 1.82) is 0 Å². The van der Waals surface area contributed by atoms with E-state index in [2.05, 4.69) is 36.3 Å². The molecule has 1 aromatic carbocycles. The zero-order chi connectivity index (χ0) is 21.4. The number of aryl methyl sites for hydroxylation is 1. The van der Waals surface area contributed by atoms with E-state index in [1.807, 2.05) is 6.07 Å². The Bertz CT molecular complexity index is 1320. The van der Waals surface area contributed by atoms with Crippen LogP contribution in [-0.4, -0.2) is 25.7 Å². The molecule has 0 atom stereocenters. The monoisotopic (exact) mass is 479 g/mol. The summed E-state index contributed by atoms with van der Waals surface area (Å²) in [5.41, 5.74) is 2.32. The molecule has 1 aliphatic carbocycles. The van der Waals surface area contributed by atoms with Crippen LogP contribution in [0.25, 0.3) is 17.4 Å². The molecule has 0 saturated heterocycles. The van der Waals surface area contributed by atoms with E-state index in [1.165, 1.54) is 4.68 Å². The van der Waals surface area contributed by atoms with Gasteiger partial charge in [0.25, 0.3) is 11.5 Å². The molecule has 31 heavy (non-hydrogen) atoms. The maximum absolute atomic E-state index is 12.9. The van der Waals surface area contributed by atoms with Crippen LogP contribution >= 0.6 is 15.9 Å². The van der Waals surface area contributed by atoms with Crippen molar-refractivity contribution >= 4 is 27.7 Å². The number of carbonyl (C=O) groups is 1. The highest BCUT2D eigenvalue weighted by molar-refractivity contribution is 9.10. The minimum atomic E-state index is -0.320. The minimum Gasteiger partial charge on any atom is -0.463 e. The molecule has 0 fully saturated rings. The summed E-state index contributed by atoms with van der Waals surface area (Å²) in [5.74, 6) is 0.840. The zero-order valence-corrected chi connectivity index (χ0v) is 18.0. The number of fused-ring (bicyclic) bond motifs is 1. The molecule has 1 aliphatic rings. The molecule has 9 heteroatoms. The first-order valence-corrected chi connectivity index (χ1v) is 10.7. The number of benzene rings is 1. The summed E-state index contributed by atoms with van der Waals surface area (Å²) in [6.07, 6.45) is 4.99. The van der Waals surface area contributed by atoms with E-state index in [-0.39, 0.29) is 17.4 Å². The molecule has 156 valence electrons. The standard InChI is InChI=1S/C22H18BrN5O3/c23-15-8-3-1-6-13(15)20(29)25-19-12-17(18-10-5-11-31-18)27-28(19)22-24-16-9-4-2-7-14(16)21(30)26-22/h1,3,5-6,8,10-12H,2,4,7,9H2,(H,25,29)(H,24,26,30). The SMILES string of the molecule is O=C(Nc1cc(-c2ccco2)nn1-c1nc2c(c(=O)[nH]1)CCCC2)c1ccccc1Br. The number of rotatable bonds is 4. The lowest BCUT2D eigenvalue weighted by Gasteiger charge is -2.15. The molecule has 8 nitrogen and oxygen atoms in total. The number of nitrogens with one attached hydrogen (secondary N) is 2. The number of furan rings is 1. The lowest BCUT2D eigenvalue weighted by molar-refractivity contribution is 0.102. The molecule has 5 rings (SSSR count). The van der Waals surface area contributed by atoms with Crippen molar-refractivity contribution in [2.75, 3.05) is 5.32 Å². The van der Waals surface area contributed by atoms with E-state index in [4.69, 9.17) is 4.42 Å². The Morgan fingerprint density at radius 3 is 2.81 bits per heavy atom. The van der Waals surface area contributed by atoms with Gasteiger partial charge in [0, 0.05) is 16.1 Å². The first-order chi connectivity index (χ1) is 15.1. The molecule has 1 amide bonds. The van der Waals surface area contributed by atoms with Gasteiger partial charge in [0.2, 0.25) is 5.95 Å². The summed E-state index contributed by atoms with van der Waals surface area (Å²) in [7, 11) is 0. The van der Waals surface area contributed by atoms with E-state index in [0.29, 0.717) is 27.3 Å². The van der Waals surface area contributed by atoms with Crippen molar-refractivity contribution in [3.8, 4) is 17.4 Å². The van der Waals surface area contributed by atoms with Gasteiger partial charge in [-0.15, -0.1) is 0 Å². The molecule has 0 saturated carbocycles. The molecular weight excluding hydrogens is 462 g/mol. The van der Waals surface area contributed by atoms with Gasteiger partial charge in [0.15, 0.2) is 5.76 Å². The number of halogens is 1. The minimum absolute atomic E-state index is 0.169. The van der Waals surface area contributed by atoms with Gasteiger partial charge in [-0.05, 0) is 65.9 Å². The van der Waals surface area contributed by atoms with Gasteiger partial charge < -0.3 is 9.73 Å². The van der Waals surface area contributed by atoms with Gasteiger partial charge >= 0.3 is 0 Å². The summed E-state index contributed by atoms with van der Waals surface area (Å²) in [6.45, 7) is 0. The number of hydrogen-bond donors (Lipinski definition) is 2. The third kappa shape index (κ3) is 3.72. The van der Waals surface area contributed by atoms with Crippen LogP contribution in [0.1, 0.15) is 34.5 Å². The highest BCUT2D eigenvalue weighted by Crippen LogP contribution is 2.26. The average molecular weight is 480 g/mol. The quantitative estimate of drug-likeness (QED) is 0.458. The van der Waals surface area contributed by atoms with E-state index < -0.39 is 0 Å². The van der Waals surface area contributed by atoms with Crippen molar-refractivity contribution in [3.63, 3.8) is 0 Å². The largest absolute Gasteiger partial charge is 0.463 e. The van der Waals surface area contributed by atoms with Crippen molar-refractivity contribution in [3.05, 3.63) is 80.4 Å². The predicted molar refractivity (Wildman–Crippen MR) is 118 cm³/mol. The van der Waals surface area contributed by atoms with Gasteiger partial charge in [-0.2, -0.15) is 9.78 Å². The Labute approximate surface area is 185 Å². The molecule has 0 unspecified atom stereocenters. The summed E-state index contributed by atoms with van der Waals surface area (Å²) in [5, 5.41) is 7.42. The van der Waals surface area contributed by atoms with E-state index in [9.17, 15) is 9.59 Å². The molecular formula is C22H18BrN5O3. The van der Waals surface area contributed by atoms with Gasteiger partial charge in [-0.1, -0.05) is 12.1 Å². The van der Waals surface area contributed by atoms with E-state index in [1.54, 1.807) is 42.7 Å². The highest BCUT2D eigenvalue weighted by atomic mass is 79.9. The third-order valence-corrected chi connectivity index (χ3v) is 5.91. The maximum Gasteiger partial charge on any atom is 0.257 e. The predicted octanol–water partition coefficient (Wildman–Crippen LogP) is 4.11. The zero-order valence-electron chi connectivity index (χ0n) is 16.4. The smallest absolute Gasteiger partial charge is 0.257 e. The van der Waals surface area contributed by atoms with Gasteiger partial charge in [0.1, 0.15) is 11.5 Å². The highest BCUT2D eigenvalue weighted by Gasteiger charge is 2.21. The average Bonchev–Trinajstić information content (AvgIpc) is 3.44. The second-order valence-corrected chi connectivity index (χ2v) is 8.11. The van der Waals surface area contributed by atoms with Crippen LogP contribution in [0.3, 0.4) is 0 Å². The molecule has 0 aliphatic heterocycles. The van der Waals surface area contributed by atoms with Crippen molar-refractivity contribution < 1.29 is 9.21 Å². The fourth-order valence-electron chi connectivity index (χ4n) is 3.70. The lowest BCUT2D eigenvalue weighted by atomic mass is 9.97. The van der Waals surface area contributed by atoms with Crippen molar-refractivity contribution in [2.24, 2.45) is 0 Å². The topological polar surface area (TPSA) is 106 Å². The second kappa shape index (κ2) is 7.99. The Kier molecular flexibility index (Phi) is 5.03. The second-order valence-electron chi connectivity index (χ2n) is 7.26. The van der Waals surface area contributed by atoms with Crippen LogP contribution in [0, 0.1) is 0 Å². The summed E-state index contributed by atoms with van der Waals surface area (Å²) < 4.78 is 7.56. The lowest BCUT2D eigenvalue weighted by Crippen LogP contribution is -2.24. The number of anilines is 1. The van der Waals surface area contributed by atoms with Crippen LogP contribution in [-0.2, 0) is 12.8 Å². The van der Waals surface area contributed by atoms with Crippen molar-refractivity contribution in [1.82, 2.24) is 19.7 Å². The fraction of sp³-hybridized carbons (Fsp3) is 0.182. The number of aromatic nitrogens is 4. The van der Waals surface area contributed by atoms with Crippen LogP contribution in [0.5, 0.6) is 0 Å². The third-order valence-electron chi connectivity index (χ3n) is 5.22. The first kappa shape index (κ1) is 19.5. The molecule has 0 bridgehead atoms. The molecule has 0 radical (unpaired) electrons. The van der Waals surface area contributed by atoms with Crippen LogP contribution < -0.4 is 10.9 Å². The molecule has 3 heterocycles. The summed E-state index contributed by atoms with van der Waals surface area (Å²) in [4.78, 5) is 33.0. The molecule has 2 N–H and O–H groups in total. The number of hydrogen-bond acceptors (Lipinski definition) is 5.